The summed E-state index contributed by atoms with van der Waals surface area (Å²) in [6.07, 6.45) is 8.45. The van der Waals surface area contributed by atoms with Gasteiger partial charge in [-0.15, -0.1) is 0 Å². The minimum absolute atomic E-state index is 0.337. The lowest BCUT2D eigenvalue weighted by Gasteiger charge is -2.27. The summed E-state index contributed by atoms with van der Waals surface area (Å²) in [6.45, 7) is 7.15. The molecule has 1 fully saturated rings. The third-order valence-electron chi connectivity index (χ3n) is 5.54. The molecule has 1 aliphatic rings. The van der Waals surface area contributed by atoms with Gasteiger partial charge in [0.2, 0.25) is 0 Å². The molecular formula is C23H39N3O2. The highest BCUT2D eigenvalue weighted by Crippen LogP contribution is 2.41. The molecule has 1 aromatic carbocycles. The Balaban J connectivity index is 1.65. The molecule has 2 N–H and O–H groups in total. The van der Waals surface area contributed by atoms with Gasteiger partial charge in [-0.05, 0) is 50.0 Å². The Morgan fingerprint density at radius 3 is 2.57 bits per heavy atom. The first-order chi connectivity index (χ1) is 13.8. The molecule has 5 nitrogen and oxygen atoms in total. The summed E-state index contributed by atoms with van der Waals surface area (Å²) < 4.78 is 11.1. The van der Waals surface area contributed by atoms with E-state index < -0.39 is 0 Å². The van der Waals surface area contributed by atoms with Gasteiger partial charge in [0, 0.05) is 40.0 Å². The zero-order valence-electron chi connectivity index (χ0n) is 17.8. The van der Waals surface area contributed by atoms with Crippen molar-refractivity contribution in [1.82, 2.24) is 10.6 Å². The van der Waals surface area contributed by atoms with Gasteiger partial charge in [-0.3, -0.25) is 4.99 Å². The number of aliphatic imine (C=N–C) groups is 1. The monoisotopic (exact) mass is 389 g/mol. The molecule has 0 unspecified atom stereocenters. The van der Waals surface area contributed by atoms with E-state index in [2.05, 4.69) is 41.8 Å². The average Bonchev–Trinajstić information content (AvgIpc) is 3.19. The van der Waals surface area contributed by atoms with Crippen molar-refractivity contribution < 1.29 is 9.47 Å². The number of unbranched alkanes of at least 4 members (excludes halogenated alkanes) is 1. The SMILES string of the molecule is CCNC(=NCC1(CCOC)CCCC1)NCCCCOCc1ccccc1. The molecule has 1 saturated carbocycles. The Labute approximate surface area is 171 Å². The van der Waals surface area contributed by atoms with Crippen LogP contribution in [0.4, 0.5) is 0 Å². The van der Waals surface area contributed by atoms with E-state index in [1.54, 1.807) is 7.11 Å². The maximum absolute atomic E-state index is 5.75. The minimum atomic E-state index is 0.337. The van der Waals surface area contributed by atoms with Crippen molar-refractivity contribution in [3.05, 3.63) is 35.9 Å². The fourth-order valence-corrected chi connectivity index (χ4v) is 3.82. The molecule has 1 aromatic rings. The van der Waals surface area contributed by atoms with Gasteiger partial charge in [0.15, 0.2) is 5.96 Å². The Hall–Kier alpha value is -1.59. The van der Waals surface area contributed by atoms with Crippen LogP contribution in [-0.4, -0.2) is 45.9 Å². The summed E-state index contributed by atoms with van der Waals surface area (Å²) in [6, 6.07) is 10.3. The van der Waals surface area contributed by atoms with Gasteiger partial charge in [0.05, 0.1) is 6.61 Å². The Bertz CT molecular complexity index is 542. The number of hydrogen-bond acceptors (Lipinski definition) is 3. The second-order valence-electron chi connectivity index (χ2n) is 7.82. The van der Waals surface area contributed by atoms with Gasteiger partial charge >= 0.3 is 0 Å². The van der Waals surface area contributed by atoms with Crippen molar-refractivity contribution in [2.24, 2.45) is 10.4 Å². The van der Waals surface area contributed by atoms with Gasteiger partial charge in [-0.1, -0.05) is 43.2 Å². The summed E-state index contributed by atoms with van der Waals surface area (Å²) >= 11 is 0. The maximum atomic E-state index is 5.75. The molecule has 0 radical (unpaired) electrons. The molecule has 0 spiro atoms. The lowest BCUT2D eigenvalue weighted by atomic mass is 9.83. The van der Waals surface area contributed by atoms with Crippen molar-refractivity contribution >= 4 is 5.96 Å². The molecule has 2 rings (SSSR count). The van der Waals surface area contributed by atoms with Crippen LogP contribution in [-0.2, 0) is 16.1 Å². The van der Waals surface area contributed by atoms with Crippen molar-refractivity contribution in [2.45, 2.75) is 58.5 Å². The number of rotatable bonds is 13. The molecule has 0 aliphatic heterocycles. The number of ether oxygens (including phenoxy) is 2. The van der Waals surface area contributed by atoms with Crippen molar-refractivity contribution in [2.75, 3.05) is 40.0 Å². The van der Waals surface area contributed by atoms with Gasteiger partial charge in [0.25, 0.3) is 0 Å². The number of hydrogen-bond donors (Lipinski definition) is 2. The number of benzene rings is 1. The highest BCUT2D eigenvalue weighted by molar-refractivity contribution is 5.79. The van der Waals surface area contributed by atoms with E-state index in [1.807, 2.05) is 6.07 Å². The Kier molecular flexibility index (Phi) is 11.0. The molecule has 28 heavy (non-hydrogen) atoms. The van der Waals surface area contributed by atoms with Gasteiger partial charge in [-0.2, -0.15) is 0 Å². The minimum Gasteiger partial charge on any atom is -0.385 e. The van der Waals surface area contributed by atoms with E-state index in [0.717, 1.165) is 58.1 Å². The van der Waals surface area contributed by atoms with Crippen molar-refractivity contribution in [3.63, 3.8) is 0 Å². The second-order valence-corrected chi connectivity index (χ2v) is 7.82. The molecule has 0 heterocycles. The molecule has 5 heteroatoms. The van der Waals surface area contributed by atoms with E-state index in [1.165, 1.54) is 31.2 Å². The fraction of sp³-hybridized carbons (Fsp3) is 0.696. The number of nitrogens with zero attached hydrogens (tertiary/aromatic N) is 1. The Morgan fingerprint density at radius 2 is 1.86 bits per heavy atom. The van der Waals surface area contributed by atoms with Crippen LogP contribution in [0.25, 0.3) is 0 Å². The molecule has 0 aromatic heterocycles. The standard InChI is InChI=1S/C23H39N3O2/c1-3-24-22(26-20-23(15-18-27-2)13-7-8-14-23)25-16-9-10-17-28-19-21-11-5-4-6-12-21/h4-6,11-12H,3,7-10,13-20H2,1-2H3,(H2,24,25,26). The lowest BCUT2D eigenvalue weighted by molar-refractivity contribution is 0.117. The number of nitrogens with one attached hydrogen (secondary N) is 2. The van der Waals surface area contributed by atoms with Crippen molar-refractivity contribution in [1.29, 1.82) is 0 Å². The van der Waals surface area contributed by atoms with Gasteiger partial charge in [0.1, 0.15) is 0 Å². The molecule has 0 amide bonds. The molecule has 0 bridgehead atoms. The normalized spacial score (nSPS) is 16.3. The first kappa shape index (κ1) is 22.7. The zero-order chi connectivity index (χ0) is 19.9. The predicted octanol–water partition coefficient (Wildman–Crippen LogP) is 4.14. The third-order valence-corrected chi connectivity index (χ3v) is 5.54. The van der Waals surface area contributed by atoms with E-state index >= 15 is 0 Å². The van der Waals surface area contributed by atoms with E-state index in [4.69, 9.17) is 14.5 Å². The largest absolute Gasteiger partial charge is 0.385 e. The van der Waals surface area contributed by atoms with E-state index in [-0.39, 0.29) is 0 Å². The van der Waals surface area contributed by atoms with Gasteiger partial charge < -0.3 is 20.1 Å². The summed E-state index contributed by atoms with van der Waals surface area (Å²) in [5.41, 5.74) is 1.57. The Morgan fingerprint density at radius 1 is 1.07 bits per heavy atom. The summed E-state index contributed by atoms with van der Waals surface area (Å²) in [5, 5.41) is 6.86. The van der Waals surface area contributed by atoms with Crippen LogP contribution in [0.1, 0.15) is 57.4 Å². The van der Waals surface area contributed by atoms with Crippen molar-refractivity contribution in [3.8, 4) is 0 Å². The van der Waals surface area contributed by atoms with Crippen LogP contribution in [0.3, 0.4) is 0 Å². The van der Waals surface area contributed by atoms with Crippen LogP contribution in [0, 0.1) is 5.41 Å². The number of methoxy groups -OCH3 is 1. The van der Waals surface area contributed by atoms with Crippen LogP contribution in [0.5, 0.6) is 0 Å². The molecular weight excluding hydrogens is 350 g/mol. The molecule has 158 valence electrons. The molecule has 0 saturated heterocycles. The van der Waals surface area contributed by atoms with Crippen LogP contribution in [0.15, 0.2) is 35.3 Å². The number of guanidine groups is 1. The van der Waals surface area contributed by atoms with Crippen LogP contribution in [0.2, 0.25) is 0 Å². The van der Waals surface area contributed by atoms with Crippen LogP contribution < -0.4 is 10.6 Å². The molecule has 0 atom stereocenters. The fourth-order valence-electron chi connectivity index (χ4n) is 3.82. The van der Waals surface area contributed by atoms with Gasteiger partial charge in [-0.25, -0.2) is 0 Å². The van der Waals surface area contributed by atoms with E-state index in [9.17, 15) is 0 Å². The second kappa shape index (κ2) is 13.6. The summed E-state index contributed by atoms with van der Waals surface area (Å²) in [7, 11) is 1.79. The first-order valence-corrected chi connectivity index (χ1v) is 10.9. The predicted molar refractivity (Wildman–Crippen MR) is 117 cm³/mol. The highest BCUT2D eigenvalue weighted by atomic mass is 16.5. The quantitative estimate of drug-likeness (QED) is 0.302. The zero-order valence-corrected chi connectivity index (χ0v) is 17.8. The summed E-state index contributed by atoms with van der Waals surface area (Å²) in [5.74, 6) is 0.941. The smallest absolute Gasteiger partial charge is 0.191 e. The van der Waals surface area contributed by atoms with E-state index in [0.29, 0.717) is 12.0 Å². The molecule has 1 aliphatic carbocycles. The summed E-state index contributed by atoms with van der Waals surface area (Å²) in [4.78, 5) is 4.90. The average molecular weight is 390 g/mol. The highest BCUT2D eigenvalue weighted by Gasteiger charge is 2.33. The van der Waals surface area contributed by atoms with Crippen LogP contribution >= 0.6 is 0 Å². The lowest BCUT2D eigenvalue weighted by Crippen LogP contribution is -2.39. The maximum Gasteiger partial charge on any atom is 0.191 e. The topological polar surface area (TPSA) is 54.9 Å². The third kappa shape index (κ3) is 8.61. The first-order valence-electron chi connectivity index (χ1n) is 10.9.